The van der Waals surface area contributed by atoms with Crippen molar-refractivity contribution < 1.29 is 5.11 Å². The van der Waals surface area contributed by atoms with Crippen LogP contribution < -0.4 is 0 Å². The molecule has 2 rings (SSSR count). The van der Waals surface area contributed by atoms with Crippen LogP contribution in [0, 0.1) is 6.92 Å². The van der Waals surface area contributed by atoms with Gasteiger partial charge in [0.25, 0.3) is 0 Å². The maximum absolute atomic E-state index is 10.3. The smallest absolute Gasteiger partial charge is 0.0709 e. The van der Waals surface area contributed by atoms with Crippen molar-refractivity contribution in [3.05, 3.63) is 35.4 Å². The molecule has 1 aromatic carbocycles. The van der Waals surface area contributed by atoms with E-state index in [4.69, 9.17) is 0 Å². The van der Waals surface area contributed by atoms with Crippen LogP contribution in [0.15, 0.2) is 24.3 Å². The van der Waals surface area contributed by atoms with Gasteiger partial charge in [0, 0.05) is 22.0 Å². The molecule has 1 aromatic rings. The Morgan fingerprint density at radius 2 is 1.88 bits per heavy atom. The van der Waals surface area contributed by atoms with Crippen LogP contribution in [0.4, 0.5) is 0 Å². The van der Waals surface area contributed by atoms with Gasteiger partial charge in [-0.3, -0.25) is 0 Å². The van der Waals surface area contributed by atoms with Gasteiger partial charge in [0.2, 0.25) is 0 Å². The molecule has 3 atom stereocenters. The van der Waals surface area contributed by atoms with Crippen LogP contribution >= 0.6 is 23.5 Å². The summed E-state index contributed by atoms with van der Waals surface area (Å²) in [7, 11) is 0. The third-order valence-electron chi connectivity index (χ3n) is 3.18. The van der Waals surface area contributed by atoms with E-state index < -0.39 is 0 Å². The fourth-order valence-electron chi connectivity index (χ4n) is 2.15. The standard InChI is InChI=1S/C14H20OS2/c1-10-3-5-12(6-4-10)9-13(15)14-11(2)16-7-8-17-14/h3-6,11,13-15H,7-9H2,1-2H3. The topological polar surface area (TPSA) is 20.2 Å². The molecule has 0 aliphatic carbocycles. The number of aliphatic hydroxyl groups is 1. The fraction of sp³-hybridized carbons (Fsp3) is 0.571. The maximum atomic E-state index is 10.3. The normalized spacial score (nSPS) is 26.8. The second-order valence-electron chi connectivity index (χ2n) is 4.67. The SMILES string of the molecule is Cc1ccc(CC(O)C2SCCSC2C)cc1. The second kappa shape index (κ2) is 6.17. The Labute approximate surface area is 112 Å². The number of aryl methyl sites for hydroxylation is 1. The number of hydrogen-bond donors (Lipinski definition) is 1. The predicted molar refractivity (Wildman–Crippen MR) is 79.1 cm³/mol. The molecule has 94 valence electrons. The first-order chi connectivity index (χ1) is 8.16. The van der Waals surface area contributed by atoms with E-state index in [-0.39, 0.29) is 6.10 Å². The summed E-state index contributed by atoms with van der Waals surface area (Å²) in [5.41, 5.74) is 2.52. The van der Waals surface area contributed by atoms with Crippen LogP contribution in [0.1, 0.15) is 18.1 Å². The summed E-state index contributed by atoms with van der Waals surface area (Å²) in [6, 6.07) is 8.50. The summed E-state index contributed by atoms with van der Waals surface area (Å²) in [4.78, 5) is 0. The zero-order chi connectivity index (χ0) is 12.3. The summed E-state index contributed by atoms with van der Waals surface area (Å²) in [5, 5.41) is 11.3. The highest BCUT2D eigenvalue weighted by molar-refractivity contribution is 8.07. The van der Waals surface area contributed by atoms with Crippen LogP contribution in [-0.2, 0) is 6.42 Å². The third kappa shape index (κ3) is 3.67. The summed E-state index contributed by atoms with van der Waals surface area (Å²) in [5.74, 6) is 2.39. The zero-order valence-corrected chi connectivity index (χ0v) is 12.1. The molecule has 3 heteroatoms. The highest BCUT2D eigenvalue weighted by Gasteiger charge is 2.28. The molecular formula is C14H20OS2. The molecule has 1 aliphatic heterocycles. The van der Waals surface area contributed by atoms with Gasteiger partial charge in [0.05, 0.1) is 6.10 Å². The number of hydrogen-bond acceptors (Lipinski definition) is 3. The van der Waals surface area contributed by atoms with Crippen molar-refractivity contribution in [1.82, 2.24) is 0 Å². The van der Waals surface area contributed by atoms with Gasteiger partial charge in [-0.25, -0.2) is 0 Å². The lowest BCUT2D eigenvalue weighted by Gasteiger charge is -2.31. The Morgan fingerprint density at radius 1 is 1.24 bits per heavy atom. The number of rotatable bonds is 3. The minimum absolute atomic E-state index is 0.217. The molecule has 0 spiro atoms. The first-order valence-electron chi connectivity index (χ1n) is 6.13. The molecular weight excluding hydrogens is 248 g/mol. The minimum atomic E-state index is -0.217. The van der Waals surface area contributed by atoms with E-state index >= 15 is 0 Å². The van der Waals surface area contributed by atoms with Gasteiger partial charge in [-0.1, -0.05) is 36.8 Å². The predicted octanol–water partition coefficient (Wildman–Crippen LogP) is 3.14. The van der Waals surface area contributed by atoms with Crippen LogP contribution in [-0.4, -0.2) is 33.2 Å². The Hall–Kier alpha value is -0.120. The van der Waals surface area contributed by atoms with E-state index in [0.717, 1.165) is 6.42 Å². The van der Waals surface area contributed by atoms with Gasteiger partial charge in [0.15, 0.2) is 0 Å². The average Bonchev–Trinajstić information content (AvgIpc) is 2.32. The quantitative estimate of drug-likeness (QED) is 0.909. The maximum Gasteiger partial charge on any atom is 0.0709 e. The molecule has 0 amide bonds. The van der Waals surface area contributed by atoms with Crippen LogP contribution in [0.25, 0.3) is 0 Å². The van der Waals surface area contributed by atoms with Gasteiger partial charge < -0.3 is 5.11 Å². The summed E-state index contributed by atoms with van der Waals surface area (Å²) in [6.45, 7) is 4.33. The average molecular weight is 268 g/mol. The number of aliphatic hydroxyl groups excluding tert-OH is 1. The molecule has 1 fully saturated rings. The molecule has 1 nitrogen and oxygen atoms in total. The Bertz CT molecular complexity index is 350. The zero-order valence-electron chi connectivity index (χ0n) is 10.4. The van der Waals surface area contributed by atoms with Gasteiger partial charge >= 0.3 is 0 Å². The largest absolute Gasteiger partial charge is 0.392 e. The third-order valence-corrected chi connectivity index (χ3v) is 6.42. The van der Waals surface area contributed by atoms with Crippen molar-refractivity contribution in [1.29, 1.82) is 0 Å². The molecule has 0 aromatic heterocycles. The molecule has 1 saturated heterocycles. The Morgan fingerprint density at radius 3 is 2.53 bits per heavy atom. The van der Waals surface area contributed by atoms with E-state index in [0.29, 0.717) is 10.5 Å². The van der Waals surface area contributed by atoms with Crippen molar-refractivity contribution in [2.24, 2.45) is 0 Å². The van der Waals surface area contributed by atoms with E-state index in [9.17, 15) is 5.11 Å². The van der Waals surface area contributed by atoms with Gasteiger partial charge in [0.1, 0.15) is 0 Å². The molecule has 0 saturated carbocycles. The Balaban J connectivity index is 1.95. The van der Waals surface area contributed by atoms with E-state index in [1.165, 1.54) is 22.6 Å². The highest BCUT2D eigenvalue weighted by atomic mass is 32.2. The van der Waals surface area contributed by atoms with Crippen molar-refractivity contribution >= 4 is 23.5 Å². The van der Waals surface area contributed by atoms with E-state index in [1.807, 2.05) is 23.5 Å². The first-order valence-corrected chi connectivity index (χ1v) is 8.23. The first kappa shape index (κ1) is 13.3. The minimum Gasteiger partial charge on any atom is -0.392 e. The monoisotopic (exact) mass is 268 g/mol. The Kier molecular flexibility index (Phi) is 4.83. The van der Waals surface area contributed by atoms with Crippen molar-refractivity contribution in [3.8, 4) is 0 Å². The molecule has 0 bridgehead atoms. The molecule has 17 heavy (non-hydrogen) atoms. The summed E-state index contributed by atoms with van der Waals surface area (Å²) in [6.07, 6.45) is 0.563. The summed E-state index contributed by atoms with van der Waals surface area (Å²) < 4.78 is 0. The molecule has 1 heterocycles. The van der Waals surface area contributed by atoms with Crippen LogP contribution in [0.5, 0.6) is 0 Å². The van der Waals surface area contributed by atoms with Crippen LogP contribution in [0.3, 0.4) is 0 Å². The highest BCUT2D eigenvalue weighted by Crippen LogP contribution is 2.33. The second-order valence-corrected chi connectivity index (χ2v) is 7.44. The summed E-state index contributed by atoms with van der Waals surface area (Å²) >= 11 is 3.92. The van der Waals surface area contributed by atoms with Gasteiger partial charge in [-0.15, -0.1) is 0 Å². The number of benzene rings is 1. The lowest BCUT2D eigenvalue weighted by Crippen LogP contribution is -2.36. The molecule has 1 N–H and O–H groups in total. The lowest BCUT2D eigenvalue weighted by atomic mass is 10.0. The van der Waals surface area contributed by atoms with Gasteiger partial charge in [-0.05, 0) is 18.9 Å². The lowest BCUT2D eigenvalue weighted by molar-refractivity contribution is 0.171. The van der Waals surface area contributed by atoms with Gasteiger partial charge in [-0.2, -0.15) is 23.5 Å². The molecule has 0 radical (unpaired) electrons. The number of thioether (sulfide) groups is 2. The van der Waals surface area contributed by atoms with E-state index in [2.05, 4.69) is 38.1 Å². The fourth-order valence-corrected chi connectivity index (χ4v) is 5.00. The molecule has 1 aliphatic rings. The van der Waals surface area contributed by atoms with Crippen molar-refractivity contribution in [2.75, 3.05) is 11.5 Å². The van der Waals surface area contributed by atoms with Crippen molar-refractivity contribution in [3.63, 3.8) is 0 Å². The van der Waals surface area contributed by atoms with Crippen molar-refractivity contribution in [2.45, 2.75) is 36.9 Å². The van der Waals surface area contributed by atoms with E-state index in [1.54, 1.807) is 0 Å². The molecule has 3 unspecified atom stereocenters. The van der Waals surface area contributed by atoms with Crippen LogP contribution in [0.2, 0.25) is 0 Å².